The van der Waals surface area contributed by atoms with Gasteiger partial charge < -0.3 is 10.2 Å². The number of carbonyl (C=O) groups is 1. The van der Waals surface area contributed by atoms with E-state index in [1.54, 1.807) is 0 Å². The second kappa shape index (κ2) is 6.09. The zero-order valence-corrected chi connectivity index (χ0v) is 12.2. The number of nitrogens with one attached hydrogen (secondary N) is 1. The van der Waals surface area contributed by atoms with Crippen LogP contribution in [0.2, 0.25) is 0 Å². The van der Waals surface area contributed by atoms with E-state index in [1.807, 2.05) is 37.1 Å². The van der Waals surface area contributed by atoms with Crippen molar-refractivity contribution >= 4 is 11.6 Å². The van der Waals surface area contributed by atoms with Crippen LogP contribution in [-0.2, 0) is 0 Å². The molecule has 1 fully saturated rings. The zero-order valence-electron chi connectivity index (χ0n) is 12.2. The average molecular weight is 260 g/mol. The van der Waals surface area contributed by atoms with Crippen LogP contribution in [0, 0.1) is 6.92 Å². The van der Waals surface area contributed by atoms with Crippen molar-refractivity contribution in [2.75, 3.05) is 18.9 Å². The predicted octanol–water partition coefficient (Wildman–Crippen LogP) is 3.44. The Bertz CT molecular complexity index is 450. The van der Waals surface area contributed by atoms with Crippen molar-refractivity contribution in [2.45, 2.75) is 45.6 Å². The summed E-state index contributed by atoms with van der Waals surface area (Å²) < 4.78 is 0. The quantitative estimate of drug-likeness (QED) is 0.899. The summed E-state index contributed by atoms with van der Waals surface area (Å²) in [6.45, 7) is 4.91. The molecule has 0 bridgehead atoms. The van der Waals surface area contributed by atoms with Crippen molar-refractivity contribution < 1.29 is 4.79 Å². The maximum absolute atomic E-state index is 12.7. The van der Waals surface area contributed by atoms with Crippen LogP contribution in [0.15, 0.2) is 18.2 Å². The van der Waals surface area contributed by atoms with Gasteiger partial charge in [-0.1, -0.05) is 24.5 Å². The van der Waals surface area contributed by atoms with E-state index in [2.05, 4.69) is 12.2 Å². The Hall–Kier alpha value is -1.51. The number of carbonyl (C=O) groups excluding carboxylic acids is 1. The number of hydrogen-bond donors (Lipinski definition) is 1. The molecule has 0 saturated heterocycles. The van der Waals surface area contributed by atoms with E-state index in [-0.39, 0.29) is 5.91 Å². The zero-order chi connectivity index (χ0) is 13.8. The molecule has 0 aromatic heterocycles. The van der Waals surface area contributed by atoms with Gasteiger partial charge in [0, 0.05) is 25.3 Å². The monoisotopic (exact) mass is 260 g/mol. The Morgan fingerprint density at radius 3 is 2.68 bits per heavy atom. The molecule has 0 spiro atoms. The largest absolute Gasteiger partial charge is 0.385 e. The van der Waals surface area contributed by atoms with Crippen molar-refractivity contribution in [3.8, 4) is 0 Å². The molecule has 3 nitrogen and oxygen atoms in total. The highest BCUT2D eigenvalue weighted by atomic mass is 16.2. The number of hydrogen-bond acceptors (Lipinski definition) is 2. The Balaban J connectivity index is 2.23. The normalized spacial score (nSPS) is 15.5. The lowest BCUT2D eigenvalue weighted by atomic mass is 10.1. The molecule has 1 aromatic carbocycles. The van der Waals surface area contributed by atoms with Gasteiger partial charge >= 0.3 is 0 Å². The number of anilines is 1. The van der Waals surface area contributed by atoms with Crippen molar-refractivity contribution in [2.24, 2.45) is 0 Å². The summed E-state index contributed by atoms with van der Waals surface area (Å²) in [5.74, 6) is 0.145. The van der Waals surface area contributed by atoms with Gasteiger partial charge in [0.05, 0.1) is 5.56 Å². The van der Waals surface area contributed by atoms with Gasteiger partial charge in [0.15, 0.2) is 0 Å². The van der Waals surface area contributed by atoms with Crippen LogP contribution in [0.1, 0.15) is 48.5 Å². The minimum absolute atomic E-state index is 0.145. The topological polar surface area (TPSA) is 32.3 Å². The second-order valence-electron chi connectivity index (χ2n) is 5.43. The maximum atomic E-state index is 12.7. The molecule has 1 N–H and O–H groups in total. The van der Waals surface area contributed by atoms with Crippen molar-refractivity contribution in [1.82, 2.24) is 4.90 Å². The molecule has 0 radical (unpaired) electrons. The first-order valence-electron chi connectivity index (χ1n) is 7.25. The van der Waals surface area contributed by atoms with Crippen LogP contribution < -0.4 is 5.32 Å². The summed E-state index contributed by atoms with van der Waals surface area (Å²) in [5, 5.41) is 3.28. The molecule has 1 amide bonds. The van der Waals surface area contributed by atoms with Gasteiger partial charge in [-0.25, -0.2) is 0 Å². The first-order valence-corrected chi connectivity index (χ1v) is 7.25. The highest BCUT2D eigenvalue weighted by molar-refractivity contribution is 5.99. The van der Waals surface area contributed by atoms with Gasteiger partial charge in [0.2, 0.25) is 0 Å². The van der Waals surface area contributed by atoms with Crippen LogP contribution in [0.5, 0.6) is 0 Å². The first kappa shape index (κ1) is 13.9. The van der Waals surface area contributed by atoms with Crippen molar-refractivity contribution in [1.29, 1.82) is 0 Å². The Kier molecular flexibility index (Phi) is 4.46. The molecule has 0 heterocycles. The Labute approximate surface area is 116 Å². The fourth-order valence-electron chi connectivity index (χ4n) is 2.83. The summed E-state index contributed by atoms with van der Waals surface area (Å²) in [5.41, 5.74) is 2.88. The minimum Gasteiger partial charge on any atom is -0.385 e. The molecule has 0 aliphatic heterocycles. The van der Waals surface area contributed by atoms with E-state index in [4.69, 9.17) is 0 Å². The molecule has 2 rings (SSSR count). The Morgan fingerprint density at radius 2 is 2.05 bits per heavy atom. The highest BCUT2D eigenvalue weighted by Gasteiger charge is 2.25. The summed E-state index contributed by atoms with van der Waals surface area (Å²) >= 11 is 0. The van der Waals surface area contributed by atoms with E-state index in [0.717, 1.165) is 36.2 Å². The molecule has 104 valence electrons. The number of aryl methyl sites for hydroxylation is 1. The first-order chi connectivity index (χ1) is 9.13. The maximum Gasteiger partial charge on any atom is 0.255 e. The summed E-state index contributed by atoms with van der Waals surface area (Å²) in [6.07, 6.45) is 4.78. The molecule has 1 saturated carbocycles. The second-order valence-corrected chi connectivity index (χ2v) is 5.43. The third-order valence-electron chi connectivity index (χ3n) is 3.97. The van der Waals surface area contributed by atoms with Gasteiger partial charge in [-0.05, 0) is 38.8 Å². The molecule has 3 heteroatoms. The van der Waals surface area contributed by atoms with Crippen LogP contribution in [-0.4, -0.2) is 30.4 Å². The van der Waals surface area contributed by atoms with Gasteiger partial charge in [-0.15, -0.1) is 0 Å². The molecule has 0 unspecified atom stereocenters. The fraction of sp³-hybridized carbons (Fsp3) is 0.562. The molecule has 19 heavy (non-hydrogen) atoms. The predicted molar refractivity (Wildman–Crippen MR) is 79.7 cm³/mol. The number of amides is 1. The van der Waals surface area contributed by atoms with Crippen LogP contribution in [0.4, 0.5) is 5.69 Å². The number of nitrogens with zero attached hydrogens (tertiary/aromatic N) is 1. The Morgan fingerprint density at radius 1 is 1.37 bits per heavy atom. The van der Waals surface area contributed by atoms with Gasteiger partial charge in [0.25, 0.3) is 5.91 Å². The lowest BCUT2D eigenvalue weighted by molar-refractivity contribution is 0.0736. The lowest BCUT2D eigenvalue weighted by Crippen LogP contribution is -2.35. The SMILES string of the molecule is CCNc1ccc(C)cc1C(=O)N(C)C1CCCC1. The summed E-state index contributed by atoms with van der Waals surface area (Å²) in [4.78, 5) is 14.6. The van der Waals surface area contributed by atoms with E-state index < -0.39 is 0 Å². The summed E-state index contributed by atoms with van der Waals surface area (Å²) in [6, 6.07) is 6.47. The third-order valence-corrected chi connectivity index (χ3v) is 3.97. The smallest absolute Gasteiger partial charge is 0.255 e. The molecule has 0 atom stereocenters. The molecule has 1 aliphatic rings. The molecule has 1 aliphatic carbocycles. The van der Waals surface area contributed by atoms with E-state index in [1.165, 1.54) is 12.8 Å². The summed E-state index contributed by atoms with van der Waals surface area (Å²) in [7, 11) is 1.94. The van der Waals surface area contributed by atoms with E-state index >= 15 is 0 Å². The number of benzene rings is 1. The number of rotatable bonds is 4. The third kappa shape index (κ3) is 3.09. The fourth-order valence-corrected chi connectivity index (χ4v) is 2.83. The van der Waals surface area contributed by atoms with E-state index in [9.17, 15) is 4.79 Å². The molecule has 1 aromatic rings. The average Bonchev–Trinajstić information content (AvgIpc) is 2.93. The van der Waals surface area contributed by atoms with Crippen molar-refractivity contribution in [3.63, 3.8) is 0 Å². The van der Waals surface area contributed by atoms with Gasteiger partial charge in [0.1, 0.15) is 0 Å². The van der Waals surface area contributed by atoms with Gasteiger partial charge in [-0.2, -0.15) is 0 Å². The van der Waals surface area contributed by atoms with Gasteiger partial charge in [-0.3, -0.25) is 4.79 Å². The van der Waals surface area contributed by atoms with Crippen LogP contribution in [0.3, 0.4) is 0 Å². The highest BCUT2D eigenvalue weighted by Crippen LogP contribution is 2.26. The van der Waals surface area contributed by atoms with Crippen LogP contribution >= 0.6 is 0 Å². The molecular formula is C16H24N2O. The van der Waals surface area contributed by atoms with Crippen molar-refractivity contribution in [3.05, 3.63) is 29.3 Å². The minimum atomic E-state index is 0.145. The molecular weight excluding hydrogens is 236 g/mol. The standard InChI is InChI=1S/C16H24N2O/c1-4-17-15-10-9-12(2)11-14(15)16(19)18(3)13-7-5-6-8-13/h9-11,13,17H,4-8H2,1-3H3. The van der Waals surface area contributed by atoms with E-state index in [0.29, 0.717) is 6.04 Å². The lowest BCUT2D eigenvalue weighted by Gasteiger charge is -2.25. The van der Waals surface area contributed by atoms with Crippen LogP contribution in [0.25, 0.3) is 0 Å².